The predicted octanol–water partition coefficient (Wildman–Crippen LogP) is 0.413. The van der Waals surface area contributed by atoms with Crippen molar-refractivity contribution in [1.29, 1.82) is 5.26 Å². The van der Waals surface area contributed by atoms with Gasteiger partial charge in [-0.15, -0.1) is 0 Å². The van der Waals surface area contributed by atoms with Gasteiger partial charge in [0.05, 0.1) is 12.4 Å². The van der Waals surface area contributed by atoms with Crippen molar-refractivity contribution in [3.8, 4) is 6.07 Å². The topological polar surface area (TPSA) is 64.5 Å². The average Bonchev–Trinajstić information content (AvgIpc) is 2.50. The zero-order chi connectivity index (χ0) is 7.94. The lowest BCUT2D eigenvalue weighted by Gasteiger charge is -1.96. The summed E-state index contributed by atoms with van der Waals surface area (Å²) in [5.41, 5.74) is 1.04. The van der Waals surface area contributed by atoms with Gasteiger partial charge >= 0.3 is 0 Å². The first-order valence-electron chi connectivity index (χ1n) is 3.48. The van der Waals surface area contributed by atoms with Crippen LogP contribution >= 0.6 is 0 Å². The lowest BCUT2D eigenvalue weighted by Crippen LogP contribution is -2.14. The number of H-pyrrole nitrogens is 1. The number of rotatable bonds is 4. The first kappa shape index (κ1) is 7.76. The molecule has 0 unspecified atom stereocenters. The van der Waals surface area contributed by atoms with Gasteiger partial charge in [0.25, 0.3) is 0 Å². The molecule has 1 aromatic heterocycles. The molecule has 1 rings (SSSR count). The van der Waals surface area contributed by atoms with Crippen LogP contribution in [0.3, 0.4) is 0 Å². The van der Waals surface area contributed by atoms with Gasteiger partial charge in [0.15, 0.2) is 0 Å². The summed E-state index contributed by atoms with van der Waals surface area (Å²) in [7, 11) is 0. The zero-order valence-electron chi connectivity index (χ0n) is 6.17. The molecule has 0 aliphatic carbocycles. The molecule has 11 heavy (non-hydrogen) atoms. The summed E-state index contributed by atoms with van der Waals surface area (Å²) in [6.45, 7) is 1.48. The Balaban J connectivity index is 2.10. The number of aromatic nitrogens is 2. The van der Waals surface area contributed by atoms with E-state index >= 15 is 0 Å². The molecule has 0 aliphatic rings. The van der Waals surface area contributed by atoms with Gasteiger partial charge in [-0.2, -0.15) is 5.26 Å². The van der Waals surface area contributed by atoms with Crippen molar-refractivity contribution in [1.82, 2.24) is 15.3 Å². The monoisotopic (exact) mass is 150 g/mol. The fourth-order valence-corrected chi connectivity index (χ4v) is 0.749. The molecule has 58 valence electrons. The number of imidazole rings is 1. The SMILES string of the molecule is N#CCCNCc1cnc[nH]1. The number of nitrogens with zero attached hydrogens (tertiary/aromatic N) is 2. The second-order valence-corrected chi connectivity index (χ2v) is 2.16. The van der Waals surface area contributed by atoms with E-state index in [9.17, 15) is 0 Å². The highest BCUT2D eigenvalue weighted by Crippen LogP contribution is 1.88. The van der Waals surface area contributed by atoms with Gasteiger partial charge in [-0.25, -0.2) is 4.98 Å². The highest BCUT2D eigenvalue weighted by atomic mass is 14.9. The van der Waals surface area contributed by atoms with E-state index in [2.05, 4.69) is 21.4 Å². The van der Waals surface area contributed by atoms with Crippen LogP contribution < -0.4 is 5.32 Å². The molecule has 0 saturated carbocycles. The van der Waals surface area contributed by atoms with Gasteiger partial charge in [0.1, 0.15) is 0 Å². The van der Waals surface area contributed by atoms with Crippen LogP contribution in [-0.2, 0) is 6.54 Å². The van der Waals surface area contributed by atoms with Crippen LogP contribution in [-0.4, -0.2) is 16.5 Å². The smallest absolute Gasteiger partial charge is 0.0922 e. The summed E-state index contributed by atoms with van der Waals surface area (Å²) >= 11 is 0. The molecule has 0 spiro atoms. The van der Waals surface area contributed by atoms with E-state index < -0.39 is 0 Å². The van der Waals surface area contributed by atoms with Crippen LogP contribution in [0.2, 0.25) is 0 Å². The van der Waals surface area contributed by atoms with E-state index in [0.717, 1.165) is 18.8 Å². The summed E-state index contributed by atoms with van der Waals surface area (Å²) in [6.07, 6.45) is 3.95. The van der Waals surface area contributed by atoms with Crippen molar-refractivity contribution in [3.63, 3.8) is 0 Å². The van der Waals surface area contributed by atoms with Crippen LogP contribution in [0.1, 0.15) is 12.1 Å². The minimum atomic E-state index is 0.550. The molecule has 0 amide bonds. The first-order chi connectivity index (χ1) is 5.43. The van der Waals surface area contributed by atoms with E-state index in [4.69, 9.17) is 5.26 Å². The third kappa shape index (κ3) is 2.83. The Hall–Kier alpha value is -1.34. The van der Waals surface area contributed by atoms with E-state index in [-0.39, 0.29) is 0 Å². The molecular formula is C7H10N4. The number of hydrogen-bond donors (Lipinski definition) is 2. The maximum atomic E-state index is 8.21. The third-order valence-electron chi connectivity index (χ3n) is 1.28. The van der Waals surface area contributed by atoms with Crippen molar-refractivity contribution in [2.75, 3.05) is 6.54 Å². The van der Waals surface area contributed by atoms with E-state index in [1.54, 1.807) is 12.5 Å². The van der Waals surface area contributed by atoms with E-state index in [1.165, 1.54) is 0 Å². The zero-order valence-corrected chi connectivity index (χ0v) is 6.17. The summed E-state index contributed by atoms with van der Waals surface area (Å²) in [5, 5.41) is 11.3. The van der Waals surface area contributed by atoms with E-state index in [0.29, 0.717) is 6.42 Å². The Kier molecular flexibility index (Phi) is 3.16. The molecule has 4 heteroatoms. The first-order valence-corrected chi connectivity index (χ1v) is 3.48. The Morgan fingerprint density at radius 2 is 2.64 bits per heavy atom. The summed E-state index contributed by atoms with van der Waals surface area (Å²) in [6, 6.07) is 2.06. The maximum Gasteiger partial charge on any atom is 0.0922 e. The summed E-state index contributed by atoms with van der Waals surface area (Å²) in [4.78, 5) is 6.82. The molecule has 1 aromatic rings. The normalized spacial score (nSPS) is 9.36. The Morgan fingerprint density at radius 1 is 1.73 bits per heavy atom. The minimum Gasteiger partial charge on any atom is -0.347 e. The number of hydrogen-bond acceptors (Lipinski definition) is 3. The van der Waals surface area contributed by atoms with Gasteiger partial charge in [-0.1, -0.05) is 0 Å². The van der Waals surface area contributed by atoms with Crippen LogP contribution in [0.4, 0.5) is 0 Å². The number of nitrogens with one attached hydrogen (secondary N) is 2. The molecule has 0 fully saturated rings. The highest BCUT2D eigenvalue weighted by molar-refractivity contribution is 4.93. The predicted molar refractivity (Wildman–Crippen MR) is 40.5 cm³/mol. The molecule has 4 nitrogen and oxygen atoms in total. The van der Waals surface area contributed by atoms with Gasteiger partial charge in [0.2, 0.25) is 0 Å². The van der Waals surface area contributed by atoms with Crippen LogP contribution in [0.5, 0.6) is 0 Å². The van der Waals surface area contributed by atoms with Crippen molar-refractivity contribution < 1.29 is 0 Å². The summed E-state index contributed by atoms with van der Waals surface area (Å²) in [5.74, 6) is 0. The fraction of sp³-hybridized carbons (Fsp3) is 0.429. The highest BCUT2D eigenvalue weighted by Gasteiger charge is 1.90. The van der Waals surface area contributed by atoms with Gasteiger partial charge in [0, 0.05) is 31.4 Å². The van der Waals surface area contributed by atoms with Crippen LogP contribution in [0.15, 0.2) is 12.5 Å². The van der Waals surface area contributed by atoms with Crippen molar-refractivity contribution in [2.24, 2.45) is 0 Å². The number of nitriles is 1. The second-order valence-electron chi connectivity index (χ2n) is 2.16. The molecule has 0 radical (unpaired) electrons. The molecule has 0 aromatic carbocycles. The molecule has 0 aliphatic heterocycles. The maximum absolute atomic E-state index is 8.21. The van der Waals surface area contributed by atoms with Gasteiger partial charge in [-0.3, -0.25) is 0 Å². The van der Waals surface area contributed by atoms with Gasteiger partial charge < -0.3 is 10.3 Å². The van der Waals surface area contributed by atoms with E-state index in [1.807, 2.05) is 0 Å². The molecule has 0 bridgehead atoms. The van der Waals surface area contributed by atoms with Gasteiger partial charge in [-0.05, 0) is 0 Å². The third-order valence-corrected chi connectivity index (χ3v) is 1.28. The Bertz CT molecular complexity index is 221. The standard InChI is InChI=1S/C7H10N4/c8-2-1-3-9-4-7-5-10-6-11-7/h5-6,9H,1,3-4H2,(H,10,11). The molecule has 2 N–H and O–H groups in total. The summed E-state index contributed by atoms with van der Waals surface area (Å²) < 4.78 is 0. The van der Waals surface area contributed by atoms with Crippen LogP contribution in [0.25, 0.3) is 0 Å². The lowest BCUT2D eigenvalue weighted by molar-refractivity contribution is 0.688. The van der Waals surface area contributed by atoms with Crippen molar-refractivity contribution in [3.05, 3.63) is 18.2 Å². The van der Waals surface area contributed by atoms with Crippen molar-refractivity contribution in [2.45, 2.75) is 13.0 Å². The largest absolute Gasteiger partial charge is 0.347 e. The molecule has 0 atom stereocenters. The number of aromatic amines is 1. The second kappa shape index (κ2) is 4.47. The minimum absolute atomic E-state index is 0.550. The average molecular weight is 150 g/mol. The Morgan fingerprint density at radius 3 is 3.27 bits per heavy atom. The fourth-order valence-electron chi connectivity index (χ4n) is 0.749. The lowest BCUT2D eigenvalue weighted by atomic mass is 10.4. The molecule has 0 saturated heterocycles. The van der Waals surface area contributed by atoms with Crippen LogP contribution in [0, 0.1) is 11.3 Å². The van der Waals surface area contributed by atoms with Crippen molar-refractivity contribution >= 4 is 0 Å². The molecule has 1 heterocycles. The Labute approximate surface area is 65.3 Å². The quantitative estimate of drug-likeness (QED) is 0.611. The molecular weight excluding hydrogens is 140 g/mol.